The van der Waals surface area contributed by atoms with Crippen LogP contribution in [-0.4, -0.2) is 9.97 Å². The second-order valence-electron chi connectivity index (χ2n) is 3.76. The van der Waals surface area contributed by atoms with Gasteiger partial charge in [0, 0.05) is 0 Å². The highest BCUT2D eigenvalue weighted by Gasteiger charge is 2.00. The molecule has 0 radical (unpaired) electrons. The summed E-state index contributed by atoms with van der Waals surface area (Å²) in [6.07, 6.45) is 5.12. The van der Waals surface area contributed by atoms with Crippen molar-refractivity contribution in [2.75, 3.05) is 0 Å². The molecule has 16 heavy (non-hydrogen) atoms. The predicted molar refractivity (Wildman–Crippen MR) is 64.3 cm³/mol. The number of hydrogen-bond donors (Lipinski definition) is 1. The number of benzene rings is 1. The van der Waals surface area contributed by atoms with Crippen LogP contribution in [0.15, 0.2) is 41.5 Å². The molecular weight excluding hydrogens is 200 g/mol. The van der Waals surface area contributed by atoms with Gasteiger partial charge >= 0.3 is 0 Å². The molecule has 0 aliphatic rings. The molecule has 0 spiro atoms. The molecule has 0 saturated carbocycles. The van der Waals surface area contributed by atoms with Crippen LogP contribution in [0.4, 0.5) is 0 Å². The third-order valence-corrected chi connectivity index (χ3v) is 2.43. The van der Waals surface area contributed by atoms with Gasteiger partial charge in [-0.1, -0.05) is 31.5 Å². The molecule has 1 aromatic heterocycles. The van der Waals surface area contributed by atoms with Crippen LogP contribution in [0.3, 0.4) is 0 Å². The SMILES string of the molecule is CCCc1cccc(-c2cncc(=O)[nH]2)c1. The van der Waals surface area contributed by atoms with Crippen LogP contribution in [0.25, 0.3) is 11.3 Å². The van der Waals surface area contributed by atoms with E-state index in [9.17, 15) is 4.79 Å². The second-order valence-corrected chi connectivity index (χ2v) is 3.76. The third kappa shape index (κ3) is 2.37. The third-order valence-electron chi connectivity index (χ3n) is 2.43. The Hall–Kier alpha value is -1.90. The highest BCUT2D eigenvalue weighted by Crippen LogP contribution is 2.16. The van der Waals surface area contributed by atoms with Gasteiger partial charge < -0.3 is 4.98 Å². The molecule has 0 aliphatic heterocycles. The first-order valence-corrected chi connectivity index (χ1v) is 5.43. The van der Waals surface area contributed by atoms with Crippen LogP contribution in [0.2, 0.25) is 0 Å². The number of nitrogens with one attached hydrogen (secondary N) is 1. The largest absolute Gasteiger partial charge is 0.319 e. The van der Waals surface area contributed by atoms with Crippen molar-refractivity contribution >= 4 is 0 Å². The van der Waals surface area contributed by atoms with Crippen molar-refractivity contribution < 1.29 is 0 Å². The van der Waals surface area contributed by atoms with Crippen molar-refractivity contribution in [3.05, 3.63) is 52.6 Å². The summed E-state index contributed by atoms with van der Waals surface area (Å²) in [4.78, 5) is 17.8. The average Bonchev–Trinajstić information content (AvgIpc) is 2.30. The smallest absolute Gasteiger partial charge is 0.266 e. The molecule has 1 aromatic carbocycles. The van der Waals surface area contributed by atoms with Crippen molar-refractivity contribution in [3.8, 4) is 11.3 Å². The number of aromatic nitrogens is 2. The van der Waals surface area contributed by atoms with Crippen molar-refractivity contribution in [2.24, 2.45) is 0 Å². The Bertz CT molecular complexity index is 531. The maximum absolute atomic E-state index is 11.2. The molecule has 82 valence electrons. The molecule has 2 rings (SSSR count). The van der Waals surface area contributed by atoms with E-state index in [0.29, 0.717) is 0 Å². The van der Waals surface area contributed by atoms with E-state index >= 15 is 0 Å². The molecule has 0 amide bonds. The van der Waals surface area contributed by atoms with Crippen molar-refractivity contribution in [3.63, 3.8) is 0 Å². The Morgan fingerprint density at radius 3 is 2.94 bits per heavy atom. The minimum absolute atomic E-state index is 0.168. The standard InChI is InChI=1S/C13H14N2O/c1-2-4-10-5-3-6-11(7-10)12-8-14-9-13(16)15-12/h3,5-9H,2,4H2,1H3,(H,15,16). The first-order chi connectivity index (χ1) is 7.79. The van der Waals surface area contributed by atoms with Gasteiger partial charge in [-0.05, 0) is 23.6 Å². The Balaban J connectivity index is 2.40. The van der Waals surface area contributed by atoms with Crippen molar-refractivity contribution in [1.29, 1.82) is 0 Å². The lowest BCUT2D eigenvalue weighted by Crippen LogP contribution is -2.05. The van der Waals surface area contributed by atoms with Crippen LogP contribution in [0, 0.1) is 0 Å². The molecule has 2 aromatic rings. The topological polar surface area (TPSA) is 45.8 Å². The molecule has 0 fully saturated rings. The van der Waals surface area contributed by atoms with Crippen molar-refractivity contribution in [1.82, 2.24) is 9.97 Å². The highest BCUT2D eigenvalue weighted by atomic mass is 16.1. The van der Waals surface area contributed by atoms with Gasteiger partial charge in [0.25, 0.3) is 5.56 Å². The van der Waals surface area contributed by atoms with Gasteiger partial charge in [0.1, 0.15) is 0 Å². The van der Waals surface area contributed by atoms with Crippen LogP contribution in [0.5, 0.6) is 0 Å². The summed E-state index contributed by atoms with van der Waals surface area (Å²) >= 11 is 0. The van der Waals surface area contributed by atoms with Gasteiger partial charge in [0.05, 0.1) is 18.1 Å². The van der Waals surface area contributed by atoms with E-state index in [0.717, 1.165) is 24.1 Å². The van der Waals surface area contributed by atoms with Crippen LogP contribution < -0.4 is 5.56 Å². The lowest BCUT2D eigenvalue weighted by molar-refractivity contribution is 0.922. The van der Waals surface area contributed by atoms with Gasteiger partial charge in [0.15, 0.2) is 0 Å². The average molecular weight is 214 g/mol. The summed E-state index contributed by atoms with van der Waals surface area (Å²) < 4.78 is 0. The van der Waals surface area contributed by atoms with Gasteiger partial charge in [-0.2, -0.15) is 0 Å². The Morgan fingerprint density at radius 1 is 1.31 bits per heavy atom. The Kier molecular flexibility index (Phi) is 3.15. The number of H-pyrrole nitrogens is 1. The van der Waals surface area contributed by atoms with E-state index < -0.39 is 0 Å². The van der Waals surface area contributed by atoms with Gasteiger partial charge in [-0.15, -0.1) is 0 Å². The minimum Gasteiger partial charge on any atom is -0.319 e. The van der Waals surface area contributed by atoms with Crippen molar-refractivity contribution in [2.45, 2.75) is 19.8 Å². The Morgan fingerprint density at radius 2 is 2.19 bits per heavy atom. The quantitative estimate of drug-likeness (QED) is 0.852. The molecule has 0 saturated heterocycles. The molecule has 0 unspecified atom stereocenters. The summed E-state index contributed by atoms with van der Waals surface area (Å²) in [5, 5.41) is 0. The van der Waals surface area contributed by atoms with E-state index in [1.165, 1.54) is 11.8 Å². The maximum atomic E-state index is 11.2. The van der Waals surface area contributed by atoms with Gasteiger partial charge in [0.2, 0.25) is 0 Å². The fourth-order valence-corrected chi connectivity index (χ4v) is 1.71. The Labute approximate surface area is 94.2 Å². The zero-order valence-corrected chi connectivity index (χ0v) is 9.23. The lowest BCUT2D eigenvalue weighted by atomic mass is 10.1. The van der Waals surface area contributed by atoms with Crippen LogP contribution >= 0.6 is 0 Å². The summed E-state index contributed by atoms with van der Waals surface area (Å²) in [5.41, 5.74) is 2.89. The number of rotatable bonds is 3. The van der Waals surface area contributed by atoms with Crippen LogP contribution in [-0.2, 0) is 6.42 Å². The summed E-state index contributed by atoms with van der Waals surface area (Å²) in [5.74, 6) is 0. The first-order valence-electron chi connectivity index (χ1n) is 5.43. The van der Waals surface area contributed by atoms with E-state index in [1.54, 1.807) is 6.20 Å². The minimum atomic E-state index is -0.168. The number of hydrogen-bond acceptors (Lipinski definition) is 2. The zero-order valence-electron chi connectivity index (χ0n) is 9.23. The summed E-state index contributed by atoms with van der Waals surface area (Å²) in [6, 6.07) is 8.18. The number of aryl methyl sites for hydroxylation is 1. The monoisotopic (exact) mass is 214 g/mol. The van der Waals surface area contributed by atoms with E-state index in [2.05, 4.69) is 29.0 Å². The van der Waals surface area contributed by atoms with E-state index in [4.69, 9.17) is 0 Å². The molecule has 0 aliphatic carbocycles. The van der Waals surface area contributed by atoms with Gasteiger partial charge in [-0.25, -0.2) is 0 Å². The van der Waals surface area contributed by atoms with Gasteiger partial charge in [-0.3, -0.25) is 9.78 Å². The van der Waals surface area contributed by atoms with E-state index in [-0.39, 0.29) is 5.56 Å². The molecule has 3 nitrogen and oxygen atoms in total. The number of nitrogens with zero attached hydrogens (tertiary/aromatic N) is 1. The van der Waals surface area contributed by atoms with E-state index in [1.807, 2.05) is 12.1 Å². The number of aromatic amines is 1. The predicted octanol–water partition coefficient (Wildman–Crippen LogP) is 2.39. The second kappa shape index (κ2) is 4.75. The first kappa shape index (κ1) is 10.6. The fraction of sp³-hybridized carbons (Fsp3) is 0.231. The normalized spacial score (nSPS) is 10.3. The molecule has 3 heteroatoms. The highest BCUT2D eigenvalue weighted by molar-refractivity contribution is 5.58. The molecule has 1 N–H and O–H groups in total. The summed E-state index contributed by atoms with van der Waals surface area (Å²) in [7, 11) is 0. The van der Waals surface area contributed by atoms with Crippen LogP contribution in [0.1, 0.15) is 18.9 Å². The molecular formula is C13H14N2O. The molecule has 0 bridgehead atoms. The lowest BCUT2D eigenvalue weighted by Gasteiger charge is -2.03. The molecule has 1 heterocycles. The zero-order chi connectivity index (χ0) is 11.4. The summed E-state index contributed by atoms with van der Waals surface area (Å²) in [6.45, 7) is 2.15. The molecule has 0 atom stereocenters. The maximum Gasteiger partial charge on any atom is 0.266 e. The fourth-order valence-electron chi connectivity index (χ4n) is 1.71.